The topological polar surface area (TPSA) is 0 Å². The third-order valence-corrected chi connectivity index (χ3v) is 26.7. The van der Waals surface area contributed by atoms with Gasteiger partial charge in [0.1, 0.15) is 0 Å². The molecular formula is C29H38SSn. The number of hydrogen-bond acceptors (Lipinski definition) is 1. The Bertz CT molecular complexity index is 978. The van der Waals surface area contributed by atoms with Crippen LogP contribution < -0.4 is 2.89 Å². The van der Waals surface area contributed by atoms with Gasteiger partial charge < -0.3 is 0 Å². The molecule has 0 fully saturated rings. The SMILES string of the molecule is CCC[CH2][Sn]([CH2]CCC)([CH2]CCC)[c]1ccc(-c2cccc3c2Cc2ccccc2-3)s1. The minimum absolute atomic E-state index is 1.09. The quantitative estimate of drug-likeness (QED) is 0.168. The fourth-order valence-electron chi connectivity index (χ4n) is 5.45. The van der Waals surface area contributed by atoms with Gasteiger partial charge in [0.25, 0.3) is 0 Å². The Kier molecular flexibility index (Phi) is 7.98. The Morgan fingerprint density at radius 1 is 0.677 bits per heavy atom. The Morgan fingerprint density at radius 3 is 1.97 bits per heavy atom. The summed E-state index contributed by atoms with van der Waals surface area (Å²) >= 11 is -0.155. The molecule has 0 aliphatic heterocycles. The average Bonchev–Trinajstić information content (AvgIpc) is 3.44. The molecule has 0 radical (unpaired) electrons. The Morgan fingerprint density at radius 2 is 1.29 bits per heavy atom. The normalized spacial score (nSPS) is 12.7. The molecule has 0 atom stereocenters. The van der Waals surface area contributed by atoms with Gasteiger partial charge in [0, 0.05) is 0 Å². The molecule has 0 N–H and O–H groups in total. The molecule has 0 amide bonds. The van der Waals surface area contributed by atoms with Gasteiger partial charge in [-0.15, -0.1) is 0 Å². The number of unbranched alkanes of at least 4 members (excludes halogenated alkanes) is 3. The van der Waals surface area contributed by atoms with Crippen LogP contribution in [0, 0.1) is 0 Å². The Hall–Kier alpha value is -1.06. The number of fused-ring (bicyclic) bond motifs is 3. The van der Waals surface area contributed by atoms with Crippen LogP contribution >= 0.6 is 11.3 Å². The van der Waals surface area contributed by atoms with E-state index in [9.17, 15) is 0 Å². The van der Waals surface area contributed by atoms with Crippen LogP contribution in [0.4, 0.5) is 0 Å². The zero-order valence-corrected chi connectivity index (χ0v) is 23.3. The van der Waals surface area contributed by atoms with Crippen molar-refractivity contribution in [2.75, 3.05) is 0 Å². The van der Waals surface area contributed by atoms with Crippen LogP contribution in [-0.2, 0) is 6.42 Å². The van der Waals surface area contributed by atoms with E-state index in [0.717, 1.165) is 6.42 Å². The maximum atomic E-state index is 2.58. The molecule has 0 saturated carbocycles. The zero-order valence-electron chi connectivity index (χ0n) is 19.7. The van der Waals surface area contributed by atoms with Crippen LogP contribution in [-0.4, -0.2) is 18.4 Å². The van der Waals surface area contributed by atoms with Crippen molar-refractivity contribution in [3.05, 3.63) is 65.7 Å². The monoisotopic (exact) mass is 538 g/mol. The van der Waals surface area contributed by atoms with Gasteiger partial charge in [-0.25, -0.2) is 0 Å². The van der Waals surface area contributed by atoms with Crippen LogP contribution in [0.2, 0.25) is 13.3 Å². The fraction of sp³-hybridized carbons (Fsp3) is 0.448. The van der Waals surface area contributed by atoms with Crippen molar-refractivity contribution in [2.24, 2.45) is 0 Å². The predicted molar refractivity (Wildman–Crippen MR) is 143 cm³/mol. The van der Waals surface area contributed by atoms with E-state index < -0.39 is 18.4 Å². The van der Waals surface area contributed by atoms with Crippen LogP contribution in [0.25, 0.3) is 21.6 Å². The van der Waals surface area contributed by atoms with Crippen molar-refractivity contribution < 1.29 is 0 Å². The standard InChI is InChI=1S/C17H11S.3C4H9.Sn/c1-2-6-13-12(5-1)11-16-14(13)7-3-8-15(16)17-9-4-10-18-17;3*1-3-4-2;/h1-9H,11H2;3*1,3-4H2,2H3;. The fourth-order valence-corrected chi connectivity index (χ4v) is 25.6. The van der Waals surface area contributed by atoms with Gasteiger partial charge in [0.05, 0.1) is 0 Å². The van der Waals surface area contributed by atoms with Gasteiger partial charge in [-0.05, 0) is 0 Å². The summed E-state index contributed by atoms with van der Waals surface area (Å²) in [7, 11) is 0. The summed E-state index contributed by atoms with van der Waals surface area (Å²) in [4.78, 5) is 1.52. The van der Waals surface area contributed by atoms with E-state index in [2.05, 4.69) is 86.7 Å². The average molecular weight is 537 g/mol. The van der Waals surface area contributed by atoms with Crippen LogP contribution in [0.1, 0.15) is 70.4 Å². The Labute approximate surface area is 198 Å². The van der Waals surface area contributed by atoms with E-state index in [4.69, 9.17) is 0 Å². The van der Waals surface area contributed by atoms with E-state index in [0.29, 0.717) is 0 Å². The number of rotatable bonds is 11. The van der Waals surface area contributed by atoms with Crippen molar-refractivity contribution in [2.45, 2.75) is 79.0 Å². The molecule has 2 aromatic carbocycles. The summed E-state index contributed by atoms with van der Waals surface area (Å²) in [5.41, 5.74) is 7.43. The van der Waals surface area contributed by atoms with Crippen LogP contribution in [0.15, 0.2) is 54.6 Å². The molecule has 31 heavy (non-hydrogen) atoms. The second-order valence-corrected chi connectivity index (χ2v) is 24.7. The summed E-state index contributed by atoms with van der Waals surface area (Å²) in [6, 6.07) is 21.0. The third kappa shape index (κ3) is 4.83. The molecular weight excluding hydrogens is 499 g/mol. The summed E-state index contributed by atoms with van der Waals surface area (Å²) in [5.74, 6) is 0. The first-order valence-corrected chi connectivity index (χ1v) is 20.8. The molecule has 1 aliphatic rings. The van der Waals surface area contributed by atoms with E-state index in [-0.39, 0.29) is 0 Å². The molecule has 2 heteroatoms. The summed E-state index contributed by atoms with van der Waals surface area (Å²) in [6.45, 7) is 7.13. The first-order chi connectivity index (χ1) is 15.2. The first kappa shape index (κ1) is 23.1. The third-order valence-electron chi connectivity index (χ3n) is 7.27. The molecule has 0 nitrogen and oxygen atoms in total. The molecule has 164 valence electrons. The van der Waals surface area contributed by atoms with Crippen molar-refractivity contribution >= 4 is 32.6 Å². The van der Waals surface area contributed by atoms with E-state index in [1.54, 1.807) is 18.9 Å². The maximum absolute atomic E-state index is 2.58. The second kappa shape index (κ2) is 10.7. The zero-order chi connectivity index (χ0) is 21.7. The molecule has 1 aromatic heterocycles. The number of hydrogen-bond donors (Lipinski definition) is 0. The number of thiophene rings is 1. The predicted octanol–water partition coefficient (Wildman–Crippen LogP) is 9.04. The molecule has 0 saturated heterocycles. The number of benzene rings is 2. The van der Waals surface area contributed by atoms with Gasteiger partial charge >= 0.3 is 199 Å². The molecule has 4 rings (SSSR count). The van der Waals surface area contributed by atoms with E-state index in [1.807, 2.05) is 2.89 Å². The first-order valence-electron chi connectivity index (χ1n) is 12.5. The van der Waals surface area contributed by atoms with Gasteiger partial charge in [-0.3, -0.25) is 0 Å². The van der Waals surface area contributed by atoms with E-state index in [1.165, 1.54) is 65.7 Å². The molecule has 0 unspecified atom stereocenters. The van der Waals surface area contributed by atoms with Gasteiger partial charge in [0.2, 0.25) is 0 Å². The van der Waals surface area contributed by atoms with Crippen molar-refractivity contribution in [3.63, 3.8) is 0 Å². The van der Waals surface area contributed by atoms with Gasteiger partial charge in [0.15, 0.2) is 0 Å². The summed E-state index contributed by atoms with van der Waals surface area (Å²) < 4.78 is 6.53. The summed E-state index contributed by atoms with van der Waals surface area (Å²) in [5, 5.41) is 0. The van der Waals surface area contributed by atoms with Crippen molar-refractivity contribution in [3.8, 4) is 21.6 Å². The van der Waals surface area contributed by atoms with Gasteiger partial charge in [-0.2, -0.15) is 0 Å². The van der Waals surface area contributed by atoms with Crippen molar-refractivity contribution in [1.82, 2.24) is 0 Å². The van der Waals surface area contributed by atoms with E-state index >= 15 is 0 Å². The molecule has 3 aromatic rings. The molecule has 0 bridgehead atoms. The summed E-state index contributed by atoms with van der Waals surface area (Å²) in [6.07, 6.45) is 9.44. The molecule has 1 aliphatic carbocycles. The molecule has 0 spiro atoms. The molecule has 1 heterocycles. The van der Waals surface area contributed by atoms with Gasteiger partial charge in [-0.1, -0.05) is 0 Å². The van der Waals surface area contributed by atoms with Crippen LogP contribution in [0.3, 0.4) is 0 Å². The Balaban J connectivity index is 1.71. The minimum atomic E-state index is -2.34. The van der Waals surface area contributed by atoms with Crippen LogP contribution in [0.5, 0.6) is 0 Å². The van der Waals surface area contributed by atoms with Crippen molar-refractivity contribution in [1.29, 1.82) is 0 Å². The second-order valence-electron chi connectivity index (χ2n) is 9.42.